The van der Waals surface area contributed by atoms with Crippen LogP contribution in [0.1, 0.15) is 65.2 Å². The molecule has 2 nitrogen and oxygen atoms in total. The van der Waals surface area contributed by atoms with Gasteiger partial charge in [0.05, 0.1) is 6.10 Å². The quantitative estimate of drug-likeness (QED) is 0.551. The second kappa shape index (κ2) is 10.4. The van der Waals surface area contributed by atoms with E-state index in [2.05, 4.69) is 6.92 Å². The summed E-state index contributed by atoms with van der Waals surface area (Å²) in [7, 11) is 0. The normalized spacial score (nSPS) is 15.2. The maximum Gasteiger partial charge on any atom is 0.0587 e. The van der Waals surface area contributed by atoms with Gasteiger partial charge in [-0.05, 0) is 6.42 Å². The highest BCUT2D eigenvalue weighted by atomic mass is 16.3. The van der Waals surface area contributed by atoms with Gasteiger partial charge in [-0.1, -0.05) is 58.8 Å². The highest BCUT2D eigenvalue weighted by Gasteiger charge is 2.11. The van der Waals surface area contributed by atoms with Crippen molar-refractivity contribution in [2.75, 3.05) is 6.61 Å². The Bertz CT molecular complexity index is 126. The topological polar surface area (TPSA) is 40.5 Å². The summed E-state index contributed by atoms with van der Waals surface area (Å²) in [4.78, 5) is 0. The first-order valence-electron chi connectivity index (χ1n) is 6.51. The average molecular weight is 216 g/mol. The van der Waals surface area contributed by atoms with Crippen LogP contribution in [0.5, 0.6) is 0 Å². The van der Waals surface area contributed by atoms with Crippen LogP contribution in [-0.2, 0) is 0 Å². The monoisotopic (exact) mass is 216 g/mol. The van der Waals surface area contributed by atoms with E-state index in [-0.39, 0.29) is 18.6 Å². The van der Waals surface area contributed by atoms with Crippen LogP contribution < -0.4 is 0 Å². The number of hydrogen-bond acceptors (Lipinski definition) is 2. The van der Waals surface area contributed by atoms with E-state index in [0.29, 0.717) is 0 Å². The van der Waals surface area contributed by atoms with Gasteiger partial charge in [-0.25, -0.2) is 0 Å². The van der Waals surface area contributed by atoms with Crippen LogP contribution in [0, 0.1) is 5.92 Å². The van der Waals surface area contributed by atoms with Crippen molar-refractivity contribution in [2.24, 2.45) is 5.92 Å². The lowest BCUT2D eigenvalue weighted by atomic mass is 9.99. The van der Waals surface area contributed by atoms with Crippen LogP contribution in [0.2, 0.25) is 0 Å². The molecule has 0 saturated carbocycles. The summed E-state index contributed by atoms with van der Waals surface area (Å²) >= 11 is 0. The Kier molecular flexibility index (Phi) is 10.4. The molecule has 0 spiro atoms. The van der Waals surface area contributed by atoms with E-state index in [4.69, 9.17) is 5.11 Å². The lowest BCUT2D eigenvalue weighted by Crippen LogP contribution is -2.20. The number of hydrogen-bond donors (Lipinski definition) is 2. The van der Waals surface area contributed by atoms with Crippen LogP contribution in [0.3, 0.4) is 0 Å². The molecule has 2 N–H and O–H groups in total. The fraction of sp³-hybridized carbons (Fsp3) is 1.00. The van der Waals surface area contributed by atoms with E-state index in [1.165, 1.54) is 38.5 Å². The largest absolute Gasteiger partial charge is 0.396 e. The summed E-state index contributed by atoms with van der Waals surface area (Å²) < 4.78 is 0. The number of rotatable bonds is 10. The molecule has 0 aliphatic heterocycles. The van der Waals surface area contributed by atoms with E-state index in [0.717, 1.165) is 12.8 Å². The molecule has 2 heteroatoms. The third kappa shape index (κ3) is 8.88. The van der Waals surface area contributed by atoms with Crippen LogP contribution in [0.4, 0.5) is 0 Å². The van der Waals surface area contributed by atoms with Crippen molar-refractivity contribution in [3.8, 4) is 0 Å². The van der Waals surface area contributed by atoms with Gasteiger partial charge in [0.25, 0.3) is 0 Å². The minimum atomic E-state index is -0.314. The molecule has 0 rings (SSSR count). The van der Waals surface area contributed by atoms with Gasteiger partial charge in [0.15, 0.2) is 0 Å². The molecule has 0 saturated heterocycles. The van der Waals surface area contributed by atoms with Crippen LogP contribution in [0.25, 0.3) is 0 Å². The van der Waals surface area contributed by atoms with Crippen molar-refractivity contribution >= 4 is 0 Å². The Morgan fingerprint density at radius 3 is 2.00 bits per heavy atom. The second-order valence-corrected chi connectivity index (χ2v) is 4.64. The molecule has 0 aromatic heterocycles. The van der Waals surface area contributed by atoms with E-state index < -0.39 is 0 Å². The molecule has 2 unspecified atom stereocenters. The first kappa shape index (κ1) is 14.9. The zero-order chi connectivity index (χ0) is 11.5. The van der Waals surface area contributed by atoms with Gasteiger partial charge in [0.2, 0.25) is 0 Å². The Labute approximate surface area is 94.7 Å². The molecule has 0 amide bonds. The van der Waals surface area contributed by atoms with Gasteiger partial charge >= 0.3 is 0 Å². The maximum atomic E-state index is 9.60. The standard InChI is InChI=1S/C13H28O2/c1-3-4-5-6-7-8-9-10-13(15)12(2)11-14/h12-15H,3-11H2,1-2H3. The zero-order valence-corrected chi connectivity index (χ0v) is 10.4. The Hall–Kier alpha value is -0.0800. The molecule has 0 aromatic carbocycles. The van der Waals surface area contributed by atoms with Gasteiger partial charge in [0.1, 0.15) is 0 Å². The number of unbranched alkanes of at least 4 members (excludes halogenated alkanes) is 6. The van der Waals surface area contributed by atoms with Crippen molar-refractivity contribution in [3.05, 3.63) is 0 Å². The fourth-order valence-corrected chi connectivity index (χ4v) is 1.72. The van der Waals surface area contributed by atoms with Crippen molar-refractivity contribution in [3.63, 3.8) is 0 Å². The Morgan fingerprint density at radius 1 is 0.933 bits per heavy atom. The van der Waals surface area contributed by atoms with E-state index in [1.807, 2.05) is 6.92 Å². The molecule has 2 atom stereocenters. The van der Waals surface area contributed by atoms with Crippen LogP contribution >= 0.6 is 0 Å². The van der Waals surface area contributed by atoms with Crippen molar-refractivity contribution in [1.82, 2.24) is 0 Å². The molecular formula is C13H28O2. The molecule has 15 heavy (non-hydrogen) atoms. The summed E-state index contributed by atoms with van der Waals surface area (Å²) in [5.41, 5.74) is 0. The van der Waals surface area contributed by atoms with E-state index >= 15 is 0 Å². The van der Waals surface area contributed by atoms with E-state index in [1.54, 1.807) is 0 Å². The molecule has 0 radical (unpaired) electrons. The zero-order valence-electron chi connectivity index (χ0n) is 10.4. The van der Waals surface area contributed by atoms with Crippen LogP contribution in [-0.4, -0.2) is 22.9 Å². The first-order chi connectivity index (χ1) is 7.22. The summed E-state index contributed by atoms with van der Waals surface area (Å²) in [5, 5.41) is 18.4. The summed E-state index contributed by atoms with van der Waals surface area (Å²) in [6, 6.07) is 0. The Morgan fingerprint density at radius 2 is 1.47 bits per heavy atom. The average Bonchev–Trinajstić information content (AvgIpc) is 2.26. The SMILES string of the molecule is CCCCCCCCCC(O)C(C)CO. The number of aliphatic hydroxyl groups is 2. The second-order valence-electron chi connectivity index (χ2n) is 4.64. The first-order valence-corrected chi connectivity index (χ1v) is 6.51. The van der Waals surface area contributed by atoms with Gasteiger partial charge in [0, 0.05) is 12.5 Å². The van der Waals surface area contributed by atoms with Gasteiger partial charge in [-0.2, -0.15) is 0 Å². The molecule has 0 aliphatic carbocycles. The third-order valence-electron chi connectivity index (χ3n) is 3.05. The molecule has 0 heterocycles. The smallest absolute Gasteiger partial charge is 0.0587 e. The minimum Gasteiger partial charge on any atom is -0.396 e. The van der Waals surface area contributed by atoms with E-state index in [9.17, 15) is 5.11 Å². The molecule has 92 valence electrons. The van der Waals surface area contributed by atoms with Crippen LogP contribution in [0.15, 0.2) is 0 Å². The number of aliphatic hydroxyl groups excluding tert-OH is 2. The fourth-order valence-electron chi connectivity index (χ4n) is 1.72. The summed E-state index contributed by atoms with van der Waals surface area (Å²) in [6.07, 6.45) is 9.47. The third-order valence-corrected chi connectivity index (χ3v) is 3.05. The molecule has 0 aromatic rings. The molecular weight excluding hydrogens is 188 g/mol. The summed E-state index contributed by atoms with van der Waals surface area (Å²) in [5.74, 6) is 0.0325. The lowest BCUT2D eigenvalue weighted by Gasteiger charge is -2.15. The van der Waals surface area contributed by atoms with Crippen molar-refractivity contribution < 1.29 is 10.2 Å². The molecule has 0 aliphatic rings. The summed E-state index contributed by atoms with van der Waals surface area (Å²) in [6.45, 7) is 4.22. The highest BCUT2D eigenvalue weighted by molar-refractivity contribution is 4.63. The lowest BCUT2D eigenvalue weighted by molar-refractivity contribution is 0.0685. The van der Waals surface area contributed by atoms with Crippen molar-refractivity contribution in [2.45, 2.75) is 71.3 Å². The predicted molar refractivity (Wildman–Crippen MR) is 64.9 cm³/mol. The van der Waals surface area contributed by atoms with Gasteiger partial charge in [-0.15, -0.1) is 0 Å². The van der Waals surface area contributed by atoms with Crippen molar-refractivity contribution in [1.29, 1.82) is 0 Å². The van der Waals surface area contributed by atoms with Gasteiger partial charge < -0.3 is 10.2 Å². The Balaban J connectivity index is 3.16. The minimum absolute atomic E-state index is 0.0325. The molecule has 0 bridgehead atoms. The van der Waals surface area contributed by atoms with Gasteiger partial charge in [-0.3, -0.25) is 0 Å². The highest BCUT2D eigenvalue weighted by Crippen LogP contribution is 2.13. The predicted octanol–water partition coefficient (Wildman–Crippen LogP) is 3.12. The molecule has 0 fully saturated rings. The maximum absolute atomic E-state index is 9.60.